The summed E-state index contributed by atoms with van der Waals surface area (Å²) in [6.07, 6.45) is 15.6. The Labute approximate surface area is 142 Å². The van der Waals surface area contributed by atoms with Crippen molar-refractivity contribution in [2.75, 3.05) is 6.54 Å². The molecule has 1 N–H and O–H groups in total. The van der Waals surface area contributed by atoms with Gasteiger partial charge in [0.2, 0.25) is 0 Å². The molecule has 0 unspecified atom stereocenters. The van der Waals surface area contributed by atoms with Gasteiger partial charge in [0.1, 0.15) is 5.82 Å². The Morgan fingerprint density at radius 2 is 2.04 bits per heavy atom. The molecule has 1 aromatic heterocycles. The van der Waals surface area contributed by atoms with Gasteiger partial charge in [-0.2, -0.15) is 0 Å². The molecule has 0 radical (unpaired) electrons. The minimum atomic E-state index is 0.868. The van der Waals surface area contributed by atoms with Gasteiger partial charge < -0.3 is 9.88 Å². The highest BCUT2D eigenvalue weighted by Crippen LogP contribution is 2.26. The molecule has 0 fully saturated rings. The highest BCUT2D eigenvalue weighted by molar-refractivity contribution is 5.79. The molecule has 0 saturated heterocycles. The van der Waals surface area contributed by atoms with Gasteiger partial charge in [-0.3, -0.25) is 4.99 Å². The van der Waals surface area contributed by atoms with Crippen LogP contribution in [-0.4, -0.2) is 27.6 Å². The Bertz CT molecular complexity index is 824. The summed E-state index contributed by atoms with van der Waals surface area (Å²) in [5, 5.41) is 0. The Kier molecular flexibility index (Phi) is 4.11. The topological polar surface area (TPSA) is 44.3 Å². The molecule has 1 aliphatic carbocycles. The van der Waals surface area contributed by atoms with Gasteiger partial charge in [0.15, 0.2) is 0 Å². The number of benzene rings is 1. The zero-order valence-corrected chi connectivity index (χ0v) is 13.5. The van der Waals surface area contributed by atoms with Crippen LogP contribution in [0.1, 0.15) is 25.0 Å². The molecule has 2 heterocycles. The first-order chi connectivity index (χ1) is 11.9. The first-order valence-electron chi connectivity index (χ1n) is 8.38. The van der Waals surface area contributed by atoms with E-state index in [1.807, 2.05) is 42.7 Å². The van der Waals surface area contributed by atoms with Gasteiger partial charge in [-0.25, -0.2) is 4.98 Å². The van der Waals surface area contributed by atoms with Crippen LogP contribution in [0.5, 0.6) is 0 Å². The lowest BCUT2D eigenvalue weighted by atomic mass is 10.1. The van der Waals surface area contributed by atoms with Crippen molar-refractivity contribution in [2.45, 2.75) is 19.3 Å². The normalized spacial score (nSPS) is 17.4. The molecular weight excluding hydrogens is 296 g/mol. The van der Waals surface area contributed by atoms with Gasteiger partial charge in [0.25, 0.3) is 0 Å². The zero-order valence-electron chi connectivity index (χ0n) is 13.5. The van der Waals surface area contributed by atoms with Crippen LogP contribution in [0.4, 0.5) is 0 Å². The van der Waals surface area contributed by atoms with Crippen molar-refractivity contribution in [3.05, 3.63) is 78.0 Å². The van der Waals surface area contributed by atoms with Crippen LogP contribution in [0.15, 0.2) is 77.3 Å². The molecule has 2 aliphatic rings. The smallest absolute Gasteiger partial charge is 0.137 e. The summed E-state index contributed by atoms with van der Waals surface area (Å²) in [7, 11) is 0. The van der Waals surface area contributed by atoms with Gasteiger partial charge in [-0.05, 0) is 31.5 Å². The number of hydrogen-bond acceptors (Lipinski definition) is 3. The highest BCUT2D eigenvalue weighted by atomic mass is 15.1. The molecule has 0 spiro atoms. The number of aromatic amines is 1. The summed E-state index contributed by atoms with van der Waals surface area (Å²) >= 11 is 0. The molecule has 24 heavy (non-hydrogen) atoms. The van der Waals surface area contributed by atoms with E-state index in [2.05, 4.69) is 39.3 Å². The van der Waals surface area contributed by atoms with Crippen molar-refractivity contribution in [3.8, 4) is 11.4 Å². The Hall–Kier alpha value is -2.88. The van der Waals surface area contributed by atoms with E-state index in [1.165, 1.54) is 5.70 Å². The molecule has 4 nitrogen and oxygen atoms in total. The van der Waals surface area contributed by atoms with Crippen molar-refractivity contribution in [1.82, 2.24) is 14.9 Å². The summed E-state index contributed by atoms with van der Waals surface area (Å²) in [5.41, 5.74) is 4.35. The van der Waals surface area contributed by atoms with Gasteiger partial charge in [-0.1, -0.05) is 42.5 Å². The first kappa shape index (κ1) is 14.7. The number of imidazole rings is 1. The second-order valence-electron chi connectivity index (χ2n) is 5.95. The average molecular weight is 316 g/mol. The summed E-state index contributed by atoms with van der Waals surface area (Å²) in [6, 6.07) is 10.1. The third kappa shape index (κ3) is 3.08. The molecule has 0 amide bonds. The number of nitrogens with one attached hydrogen (secondary N) is 1. The lowest BCUT2D eigenvalue weighted by Gasteiger charge is -2.23. The molecule has 1 aromatic carbocycles. The maximum atomic E-state index is 4.71. The van der Waals surface area contributed by atoms with Crippen LogP contribution < -0.4 is 0 Å². The quantitative estimate of drug-likeness (QED) is 0.856. The second kappa shape index (κ2) is 6.71. The van der Waals surface area contributed by atoms with Crippen LogP contribution in [0.3, 0.4) is 0 Å². The van der Waals surface area contributed by atoms with Crippen molar-refractivity contribution >= 4 is 6.21 Å². The fourth-order valence-electron chi connectivity index (χ4n) is 3.05. The van der Waals surface area contributed by atoms with Crippen molar-refractivity contribution in [2.24, 2.45) is 4.99 Å². The SMILES string of the molecule is C1=CC(N=Cc2cnc(-c3ccccc3)[nH]2)=C(N2C=CCC2)CC1. The van der Waals surface area contributed by atoms with E-state index in [4.69, 9.17) is 4.99 Å². The molecule has 0 atom stereocenters. The first-order valence-corrected chi connectivity index (χ1v) is 8.38. The number of aliphatic imine (C=N–C) groups is 1. The summed E-state index contributed by atoms with van der Waals surface area (Å²) < 4.78 is 0. The Morgan fingerprint density at radius 3 is 2.88 bits per heavy atom. The van der Waals surface area contributed by atoms with Crippen LogP contribution in [-0.2, 0) is 0 Å². The predicted molar refractivity (Wildman–Crippen MR) is 97.5 cm³/mol. The Morgan fingerprint density at radius 1 is 1.12 bits per heavy atom. The minimum absolute atomic E-state index is 0.868. The van der Waals surface area contributed by atoms with Crippen molar-refractivity contribution in [3.63, 3.8) is 0 Å². The maximum absolute atomic E-state index is 4.71. The summed E-state index contributed by atoms with van der Waals surface area (Å²) in [5.74, 6) is 0.868. The third-order valence-electron chi connectivity index (χ3n) is 4.27. The summed E-state index contributed by atoms with van der Waals surface area (Å²) in [4.78, 5) is 14.8. The second-order valence-corrected chi connectivity index (χ2v) is 5.95. The van der Waals surface area contributed by atoms with E-state index in [1.54, 1.807) is 0 Å². The van der Waals surface area contributed by atoms with Gasteiger partial charge in [-0.15, -0.1) is 0 Å². The number of H-pyrrole nitrogens is 1. The number of hydrogen-bond donors (Lipinski definition) is 1. The van der Waals surface area contributed by atoms with E-state index in [-0.39, 0.29) is 0 Å². The molecule has 4 heteroatoms. The third-order valence-corrected chi connectivity index (χ3v) is 4.27. The number of allylic oxidation sites excluding steroid dienone is 3. The largest absolute Gasteiger partial charge is 0.350 e. The van der Waals surface area contributed by atoms with E-state index in [9.17, 15) is 0 Å². The molecule has 2 aromatic rings. The van der Waals surface area contributed by atoms with E-state index < -0.39 is 0 Å². The lowest BCUT2D eigenvalue weighted by molar-refractivity contribution is 0.473. The Balaban J connectivity index is 1.57. The maximum Gasteiger partial charge on any atom is 0.137 e. The van der Waals surface area contributed by atoms with Gasteiger partial charge >= 0.3 is 0 Å². The van der Waals surface area contributed by atoms with E-state index in [0.717, 1.165) is 48.6 Å². The molecule has 4 rings (SSSR count). The van der Waals surface area contributed by atoms with Crippen LogP contribution in [0, 0.1) is 0 Å². The van der Waals surface area contributed by atoms with E-state index >= 15 is 0 Å². The number of aromatic nitrogens is 2. The fraction of sp³-hybridized carbons (Fsp3) is 0.200. The fourth-order valence-corrected chi connectivity index (χ4v) is 3.05. The minimum Gasteiger partial charge on any atom is -0.350 e. The van der Waals surface area contributed by atoms with Gasteiger partial charge in [0, 0.05) is 17.8 Å². The molecule has 120 valence electrons. The van der Waals surface area contributed by atoms with Gasteiger partial charge in [0.05, 0.1) is 23.8 Å². The predicted octanol–water partition coefficient (Wildman–Crippen LogP) is 4.28. The van der Waals surface area contributed by atoms with Crippen LogP contribution in [0.2, 0.25) is 0 Å². The van der Waals surface area contributed by atoms with Crippen molar-refractivity contribution in [1.29, 1.82) is 0 Å². The molecule has 0 bridgehead atoms. The number of rotatable bonds is 4. The molecule has 1 aliphatic heterocycles. The monoisotopic (exact) mass is 316 g/mol. The van der Waals surface area contributed by atoms with Crippen molar-refractivity contribution < 1.29 is 0 Å². The molecule has 0 saturated carbocycles. The molecular formula is C20H20N4. The average Bonchev–Trinajstić information content (AvgIpc) is 3.33. The standard InChI is InChI=1S/C20H20N4/c1-2-8-16(9-3-1)20-22-15-17(23-20)14-21-18-10-4-5-11-19(18)24-12-6-7-13-24/h1-4,6,8-10,12,14-15H,5,7,11,13H2,(H,22,23). The summed E-state index contributed by atoms with van der Waals surface area (Å²) in [6.45, 7) is 1.06. The highest BCUT2D eigenvalue weighted by Gasteiger charge is 2.15. The van der Waals surface area contributed by atoms with E-state index in [0.29, 0.717) is 0 Å². The van der Waals surface area contributed by atoms with Crippen LogP contribution in [0.25, 0.3) is 11.4 Å². The number of nitrogens with zero attached hydrogens (tertiary/aromatic N) is 3. The van der Waals surface area contributed by atoms with Crippen LogP contribution >= 0.6 is 0 Å². The lowest BCUT2D eigenvalue weighted by Crippen LogP contribution is -2.16. The zero-order chi connectivity index (χ0) is 16.2.